The number of furan rings is 1. The van der Waals surface area contributed by atoms with Crippen LogP contribution in [0.5, 0.6) is 0 Å². The fraction of sp³-hybridized carbons (Fsp3) is 0.725. The van der Waals surface area contributed by atoms with E-state index in [9.17, 15) is 29.1 Å². The number of rotatable bonds is 10. The van der Waals surface area contributed by atoms with Crippen molar-refractivity contribution in [3.05, 3.63) is 35.5 Å². The van der Waals surface area contributed by atoms with Gasteiger partial charge < -0.3 is 47.4 Å². The summed E-state index contributed by atoms with van der Waals surface area (Å²) in [5, 5.41) is 12.1. The molecule has 3 saturated heterocycles. The van der Waals surface area contributed by atoms with Crippen molar-refractivity contribution in [1.82, 2.24) is 0 Å². The van der Waals surface area contributed by atoms with Crippen LogP contribution in [0.2, 0.25) is 0 Å². The molecule has 0 amide bonds. The second kappa shape index (κ2) is 11.8. The Balaban J connectivity index is 1.68. The summed E-state index contributed by atoms with van der Waals surface area (Å²) >= 11 is 0. The van der Waals surface area contributed by atoms with Gasteiger partial charge in [0.2, 0.25) is 5.60 Å². The SMILES string of the molecule is CCC12OC3(C)OC14C(C(C)(C)C(OC(C)=O)c1ccoc1)/C(=C(/O)C(C)C)C(=O)OC4C1(OC(C)=O)C(OC(C)=O)C4(C)CC1(O3)C2(C)C4CC(=O)OC. The highest BCUT2D eigenvalue weighted by atomic mass is 16.9. The van der Waals surface area contributed by atoms with Gasteiger partial charge in [0.15, 0.2) is 17.8 Å². The minimum atomic E-state index is -2.11. The van der Waals surface area contributed by atoms with E-state index in [1.165, 1.54) is 40.4 Å². The summed E-state index contributed by atoms with van der Waals surface area (Å²) in [4.78, 5) is 68.4. The maximum atomic E-state index is 15.0. The molecule has 12 atom stereocenters. The Bertz CT molecular complexity index is 1880. The van der Waals surface area contributed by atoms with E-state index in [2.05, 4.69) is 0 Å². The summed E-state index contributed by atoms with van der Waals surface area (Å²) in [5.74, 6) is -8.60. The molecule has 55 heavy (non-hydrogen) atoms. The van der Waals surface area contributed by atoms with Gasteiger partial charge >= 0.3 is 29.8 Å². The Morgan fingerprint density at radius 3 is 2.22 bits per heavy atom. The van der Waals surface area contributed by atoms with Crippen molar-refractivity contribution in [3.8, 4) is 0 Å². The Labute approximate surface area is 319 Å². The standard InChI is InChI=1S/C40H52O15/c1-13-37-35(10)24(16-25(44)47-12)34(9)18-38(35)40(52-22(6)43,31(34)50-21(5)42)32-39(37,55-36(11,53-37)54-38)28(26(30(46)51-32)27(45)19(2)3)33(7,8)29(49-20(4)41)23-14-15-48-17-23/h14-15,17,19,24,28-29,31-32,45H,13,16,18H2,1-12H3/b27-26-. The van der Waals surface area contributed by atoms with Crippen LogP contribution >= 0.6 is 0 Å². The Kier molecular flexibility index (Phi) is 8.42. The Morgan fingerprint density at radius 2 is 1.69 bits per heavy atom. The molecule has 3 aliphatic heterocycles. The van der Waals surface area contributed by atoms with E-state index in [4.69, 9.17) is 42.3 Å². The highest BCUT2D eigenvalue weighted by molar-refractivity contribution is 5.92. The zero-order valence-electron chi connectivity index (χ0n) is 33.5. The first-order valence-corrected chi connectivity index (χ1v) is 18.8. The number of ether oxygens (including phenoxy) is 8. The third-order valence-corrected chi connectivity index (χ3v) is 14.1. The largest absolute Gasteiger partial charge is 0.511 e. The van der Waals surface area contributed by atoms with Crippen molar-refractivity contribution in [2.75, 3.05) is 7.11 Å². The molecule has 1 aromatic rings. The average molecular weight is 773 g/mol. The lowest BCUT2D eigenvalue weighted by molar-refractivity contribution is -0.474. The molecule has 7 rings (SSSR count). The van der Waals surface area contributed by atoms with Crippen molar-refractivity contribution in [2.24, 2.45) is 34.0 Å². The lowest BCUT2D eigenvalue weighted by Gasteiger charge is -2.76. The number of carbonyl (C=O) groups excluding carboxylic acids is 5. The van der Waals surface area contributed by atoms with Crippen LogP contribution in [-0.4, -0.2) is 82.6 Å². The van der Waals surface area contributed by atoms with Crippen LogP contribution in [0.25, 0.3) is 0 Å². The molecule has 0 aromatic carbocycles. The van der Waals surface area contributed by atoms with Crippen molar-refractivity contribution in [3.63, 3.8) is 0 Å². The summed E-state index contributed by atoms with van der Waals surface area (Å²) in [5.41, 5.74) is -11.1. The number of aliphatic hydroxyl groups is 1. The molecule has 3 saturated carbocycles. The first kappa shape index (κ1) is 39.3. The van der Waals surface area contributed by atoms with Gasteiger partial charge in [-0.25, -0.2) is 4.79 Å². The second-order valence-electron chi connectivity index (χ2n) is 17.6. The fourth-order valence-electron chi connectivity index (χ4n) is 13.0. The van der Waals surface area contributed by atoms with Crippen molar-refractivity contribution < 1.29 is 71.4 Å². The van der Waals surface area contributed by atoms with E-state index in [1.807, 2.05) is 20.8 Å². The number of esters is 5. The molecular weight excluding hydrogens is 720 g/mol. The number of hydrogen-bond donors (Lipinski definition) is 1. The molecule has 1 N–H and O–H groups in total. The average Bonchev–Trinajstić information content (AvgIpc) is 3.77. The third-order valence-electron chi connectivity index (χ3n) is 14.1. The van der Waals surface area contributed by atoms with Crippen molar-refractivity contribution >= 4 is 29.8 Å². The summed E-state index contributed by atoms with van der Waals surface area (Å²) in [7, 11) is 1.28. The number of fused-ring (bicyclic) bond motifs is 3. The second-order valence-corrected chi connectivity index (χ2v) is 17.6. The Hall–Kier alpha value is -3.95. The monoisotopic (exact) mass is 772 g/mol. The maximum absolute atomic E-state index is 15.0. The normalized spacial score (nSPS) is 43.4. The highest BCUT2D eigenvalue weighted by Gasteiger charge is 3.05. The van der Waals surface area contributed by atoms with Crippen LogP contribution in [0.3, 0.4) is 0 Å². The van der Waals surface area contributed by atoms with Crippen molar-refractivity contribution in [1.29, 1.82) is 0 Å². The molecule has 4 bridgehead atoms. The number of hydrogen-bond acceptors (Lipinski definition) is 15. The first-order chi connectivity index (χ1) is 25.5. The number of aliphatic hydroxyl groups excluding tert-OH is 1. The van der Waals surface area contributed by atoms with Gasteiger partial charge in [0.05, 0.1) is 25.2 Å². The predicted molar refractivity (Wildman–Crippen MR) is 186 cm³/mol. The molecule has 6 fully saturated rings. The summed E-state index contributed by atoms with van der Waals surface area (Å²) < 4.78 is 58.0. The molecule has 15 heteroatoms. The molecule has 0 radical (unpaired) electrons. The van der Waals surface area contributed by atoms with E-state index < -0.39 is 111 Å². The summed E-state index contributed by atoms with van der Waals surface area (Å²) in [6.45, 7) is 17.8. The van der Waals surface area contributed by atoms with Crippen LogP contribution in [-0.2, 0) is 61.9 Å². The molecule has 12 unspecified atom stereocenters. The first-order valence-electron chi connectivity index (χ1n) is 18.8. The zero-order chi connectivity index (χ0) is 40.7. The lowest BCUT2D eigenvalue weighted by atomic mass is 9.35. The van der Waals surface area contributed by atoms with Crippen molar-refractivity contribution in [2.45, 2.75) is 142 Å². The Morgan fingerprint density at radius 1 is 1.02 bits per heavy atom. The molecule has 15 nitrogen and oxygen atoms in total. The number of carbonyl (C=O) groups is 5. The summed E-state index contributed by atoms with van der Waals surface area (Å²) in [6, 6.07) is 1.63. The van der Waals surface area contributed by atoms with Gasteiger partial charge in [-0.3, -0.25) is 19.2 Å². The minimum Gasteiger partial charge on any atom is -0.511 e. The quantitative estimate of drug-likeness (QED) is 0.142. The topological polar surface area (TPSA) is 193 Å². The maximum Gasteiger partial charge on any atom is 0.338 e. The van der Waals surface area contributed by atoms with Crippen LogP contribution in [0, 0.1) is 34.0 Å². The number of allylic oxidation sites excluding steroid dienone is 1. The van der Waals surface area contributed by atoms with Gasteiger partial charge in [0, 0.05) is 67.8 Å². The summed E-state index contributed by atoms with van der Waals surface area (Å²) in [6.07, 6.45) is -1.27. The molecule has 4 heterocycles. The van der Waals surface area contributed by atoms with Gasteiger partial charge in [-0.05, 0) is 24.8 Å². The highest BCUT2D eigenvalue weighted by Crippen LogP contribution is 2.89. The van der Waals surface area contributed by atoms with Gasteiger partial charge in [-0.15, -0.1) is 0 Å². The molecule has 2 spiro atoms. The smallest absolute Gasteiger partial charge is 0.338 e. The predicted octanol–water partition coefficient (Wildman–Crippen LogP) is 5.15. The number of methoxy groups -OCH3 is 1. The van der Waals surface area contributed by atoms with E-state index in [0.717, 1.165) is 0 Å². The van der Waals surface area contributed by atoms with Gasteiger partial charge in [0.1, 0.15) is 23.1 Å². The van der Waals surface area contributed by atoms with E-state index >= 15 is 0 Å². The van der Waals surface area contributed by atoms with Gasteiger partial charge in [0.25, 0.3) is 5.97 Å². The van der Waals surface area contributed by atoms with Crippen LogP contribution in [0.15, 0.2) is 34.3 Å². The van der Waals surface area contributed by atoms with Crippen LogP contribution in [0.4, 0.5) is 0 Å². The van der Waals surface area contributed by atoms with E-state index in [1.54, 1.807) is 40.7 Å². The fourth-order valence-corrected chi connectivity index (χ4v) is 13.0. The molecule has 1 aromatic heterocycles. The lowest BCUT2D eigenvalue weighted by Crippen LogP contribution is -2.94. The molecule has 302 valence electrons. The van der Waals surface area contributed by atoms with E-state index in [-0.39, 0.29) is 30.6 Å². The van der Waals surface area contributed by atoms with E-state index in [0.29, 0.717) is 5.56 Å². The minimum absolute atomic E-state index is 0.0661. The van der Waals surface area contributed by atoms with Crippen LogP contribution < -0.4 is 0 Å². The van der Waals surface area contributed by atoms with Gasteiger partial charge in [-0.2, -0.15) is 0 Å². The van der Waals surface area contributed by atoms with Gasteiger partial charge in [-0.1, -0.05) is 48.5 Å². The molecular formula is C40H52O15. The van der Waals surface area contributed by atoms with Crippen LogP contribution in [0.1, 0.15) is 107 Å². The zero-order valence-corrected chi connectivity index (χ0v) is 33.5. The third kappa shape index (κ3) is 4.35. The molecule has 3 aliphatic carbocycles. The molecule has 6 aliphatic rings.